The van der Waals surface area contributed by atoms with Gasteiger partial charge in [-0.2, -0.15) is 0 Å². The molecule has 0 aliphatic heterocycles. The minimum absolute atomic E-state index is 0.583. The lowest BCUT2D eigenvalue weighted by Gasteiger charge is -2.08. The summed E-state index contributed by atoms with van der Waals surface area (Å²) in [4.78, 5) is 0. The Morgan fingerprint density at radius 3 is 2.06 bits per heavy atom. The van der Waals surface area contributed by atoms with Crippen molar-refractivity contribution in [1.29, 1.82) is 0 Å². The fraction of sp³-hybridized carbons (Fsp3) is 0.0769. The zero-order valence-corrected chi connectivity index (χ0v) is 11.3. The molecule has 17 heavy (non-hydrogen) atoms. The lowest BCUT2D eigenvalue weighted by atomic mass is 10.1. The first-order valence-electron chi connectivity index (χ1n) is 4.90. The topological polar surface area (TPSA) is 9.23 Å². The van der Waals surface area contributed by atoms with E-state index in [4.69, 9.17) is 39.5 Å². The van der Waals surface area contributed by atoms with Crippen LogP contribution in [0.2, 0.25) is 15.1 Å². The Balaban J connectivity index is 2.52. The zero-order valence-electron chi connectivity index (χ0n) is 9.01. The lowest BCUT2D eigenvalue weighted by Crippen LogP contribution is -1.85. The normalized spacial score (nSPS) is 10.4. The second-order valence-corrected chi connectivity index (χ2v) is 4.78. The second kappa shape index (κ2) is 5.18. The van der Waals surface area contributed by atoms with Crippen LogP contribution < -0.4 is 4.74 Å². The molecule has 0 atom stereocenters. The highest BCUT2D eigenvalue weighted by Gasteiger charge is 2.07. The average molecular weight is 288 g/mol. The highest BCUT2D eigenvalue weighted by Crippen LogP contribution is 2.34. The predicted octanol–water partition coefficient (Wildman–Crippen LogP) is 5.32. The smallest absolute Gasteiger partial charge is 0.120 e. The summed E-state index contributed by atoms with van der Waals surface area (Å²) in [5.74, 6) is 0.715. The van der Waals surface area contributed by atoms with E-state index >= 15 is 0 Å². The Bertz CT molecular complexity index is 532. The molecule has 2 aromatic rings. The summed E-state index contributed by atoms with van der Waals surface area (Å²) < 4.78 is 5.10. The molecule has 2 aromatic carbocycles. The van der Waals surface area contributed by atoms with Gasteiger partial charge in [0.05, 0.1) is 12.1 Å². The van der Waals surface area contributed by atoms with E-state index in [1.807, 2.05) is 24.3 Å². The summed E-state index contributed by atoms with van der Waals surface area (Å²) in [6.07, 6.45) is 0. The van der Waals surface area contributed by atoms with Crippen molar-refractivity contribution in [3.05, 3.63) is 51.5 Å². The molecule has 2 rings (SSSR count). The van der Waals surface area contributed by atoms with Gasteiger partial charge in [0.25, 0.3) is 0 Å². The molecule has 4 heteroatoms. The van der Waals surface area contributed by atoms with Gasteiger partial charge in [0.15, 0.2) is 0 Å². The number of halogens is 3. The first-order chi connectivity index (χ1) is 8.10. The number of hydrogen-bond donors (Lipinski definition) is 0. The van der Waals surface area contributed by atoms with Crippen LogP contribution in [0.5, 0.6) is 5.75 Å². The van der Waals surface area contributed by atoms with E-state index in [0.29, 0.717) is 20.8 Å². The maximum Gasteiger partial charge on any atom is 0.120 e. The minimum Gasteiger partial charge on any atom is -0.497 e. The molecule has 0 unspecified atom stereocenters. The number of ether oxygens (including phenoxy) is 1. The largest absolute Gasteiger partial charge is 0.497 e. The monoisotopic (exact) mass is 286 g/mol. The summed E-state index contributed by atoms with van der Waals surface area (Å²) >= 11 is 18.1. The molecule has 0 fully saturated rings. The Kier molecular flexibility index (Phi) is 3.82. The van der Waals surface area contributed by atoms with Gasteiger partial charge in [0.2, 0.25) is 0 Å². The molecular weight excluding hydrogens is 279 g/mol. The van der Waals surface area contributed by atoms with Crippen LogP contribution in [0.25, 0.3) is 11.1 Å². The van der Waals surface area contributed by atoms with E-state index in [-0.39, 0.29) is 0 Å². The third-order valence-corrected chi connectivity index (χ3v) is 3.10. The van der Waals surface area contributed by atoms with Crippen molar-refractivity contribution in [2.75, 3.05) is 7.11 Å². The minimum atomic E-state index is 0.583. The molecule has 0 aliphatic rings. The van der Waals surface area contributed by atoms with Crippen molar-refractivity contribution in [2.45, 2.75) is 0 Å². The molecule has 0 saturated heterocycles. The van der Waals surface area contributed by atoms with Crippen molar-refractivity contribution in [3.63, 3.8) is 0 Å². The summed E-state index contributed by atoms with van der Waals surface area (Å²) in [6.45, 7) is 0. The molecule has 0 aromatic heterocycles. The summed E-state index contributed by atoms with van der Waals surface area (Å²) in [5, 5.41) is 1.77. The number of hydrogen-bond acceptors (Lipinski definition) is 1. The lowest BCUT2D eigenvalue weighted by molar-refractivity contribution is 0.415. The van der Waals surface area contributed by atoms with Gasteiger partial charge >= 0.3 is 0 Å². The van der Waals surface area contributed by atoms with Crippen molar-refractivity contribution < 1.29 is 4.74 Å². The third-order valence-electron chi connectivity index (χ3n) is 2.35. The van der Waals surface area contributed by atoms with Crippen LogP contribution in [0.3, 0.4) is 0 Å². The second-order valence-electron chi connectivity index (χ2n) is 3.50. The molecule has 0 radical (unpaired) electrons. The fourth-order valence-corrected chi connectivity index (χ4v) is 2.37. The average Bonchev–Trinajstić information content (AvgIpc) is 2.27. The first-order valence-corrected chi connectivity index (χ1v) is 6.03. The molecule has 0 N–H and O–H groups in total. The van der Waals surface area contributed by atoms with Gasteiger partial charge in [0, 0.05) is 15.6 Å². The highest BCUT2D eigenvalue weighted by atomic mass is 35.5. The van der Waals surface area contributed by atoms with Gasteiger partial charge in [-0.1, -0.05) is 34.8 Å². The molecule has 0 bridgehead atoms. The number of rotatable bonds is 2. The molecule has 88 valence electrons. The van der Waals surface area contributed by atoms with Crippen molar-refractivity contribution in [1.82, 2.24) is 0 Å². The molecule has 0 saturated carbocycles. The van der Waals surface area contributed by atoms with Crippen molar-refractivity contribution >= 4 is 34.8 Å². The van der Waals surface area contributed by atoms with E-state index in [1.165, 1.54) is 0 Å². The Morgan fingerprint density at radius 1 is 0.882 bits per heavy atom. The SMILES string of the molecule is COc1ccc(-c2cc(Cl)cc(Cl)c2)c(Cl)c1. The van der Waals surface area contributed by atoms with E-state index in [0.717, 1.165) is 11.1 Å². The number of benzene rings is 2. The molecule has 0 heterocycles. The van der Waals surface area contributed by atoms with Crippen LogP contribution in [0.15, 0.2) is 36.4 Å². The van der Waals surface area contributed by atoms with Crippen molar-refractivity contribution in [2.24, 2.45) is 0 Å². The first kappa shape index (κ1) is 12.6. The van der Waals surface area contributed by atoms with Gasteiger partial charge in [-0.25, -0.2) is 0 Å². The predicted molar refractivity (Wildman–Crippen MR) is 73.5 cm³/mol. The molecule has 0 aliphatic carbocycles. The number of methoxy groups -OCH3 is 1. The van der Waals surface area contributed by atoms with Gasteiger partial charge < -0.3 is 4.74 Å². The van der Waals surface area contributed by atoms with E-state index in [9.17, 15) is 0 Å². The Labute approximate surface area is 115 Å². The third kappa shape index (κ3) is 2.86. The fourth-order valence-electron chi connectivity index (χ4n) is 1.57. The molecule has 1 nitrogen and oxygen atoms in total. The van der Waals surface area contributed by atoms with Gasteiger partial charge in [-0.15, -0.1) is 0 Å². The summed E-state index contributed by atoms with van der Waals surface area (Å²) in [5.41, 5.74) is 1.76. The Hall–Kier alpha value is -0.890. The Morgan fingerprint density at radius 2 is 1.53 bits per heavy atom. The van der Waals surface area contributed by atoms with Gasteiger partial charge in [-0.05, 0) is 42.0 Å². The van der Waals surface area contributed by atoms with Crippen molar-refractivity contribution in [3.8, 4) is 16.9 Å². The quantitative estimate of drug-likeness (QED) is 0.726. The zero-order chi connectivity index (χ0) is 12.4. The molecule has 0 amide bonds. The summed E-state index contributed by atoms with van der Waals surface area (Å²) in [6, 6.07) is 10.8. The van der Waals surface area contributed by atoms with Crippen LogP contribution in [0.4, 0.5) is 0 Å². The van der Waals surface area contributed by atoms with E-state index in [1.54, 1.807) is 19.2 Å². The van der Waals surface area contributed by atoms with Crippen LogP contribution >= 0.6 is 34.8 Å². The van der Waals surface area contributed by atoms with Crippen LogP contribution in [-0.4, -0.2) is 7.11 Å². The maximum atomic E-state index is 6.18. The highest BCUT2D eigenvalue weighted by molar-refractivity contribution is 6.36. The maximum absolute atomic E-state index is 6.18. The van der Waals surface area contributed by atoms with E-state index in [2.05, 4.69) is 0 Å². The summed E-state index contributed by atoms with van der Waals surface area (Å²) in [7, 11) is 1.60. The van der Waals surface area contributed by atoms with E-state index < -0.39 is 0 Å². The molecule has 0 spiro atoms. The van der Waals surface area contributed by atoms with Crippen LogP contribution in [0, 0.1) is 0 Å². The van der Waals surface area contributed by atoms with Gasteiger partial charge in [-0.3, -0.25) is 0 Å². The molecular formula is C13H9Cl3O. The van der Waals surface area contributed by atoms with Crippen LogP contribution in [-0.2, 0) is 0 Å². The van der Waals surface area contributed by atoms with Crippen LogP contribution in [0.1, 0.15) is 0 Å². The standard InChI is InChI=1S/C13H9Cl3O/c1-17-11-2-3-12(13(16)7-11)8-4-9(14)6-10(15)5-8/h2-7H,1H3. The van der Waals surface area contributed by atoms with Gasteiger partial charge in [0.1, 0.15) is 5.75 Å².